The number of hydrogen-bond donors (Lipinski definition) is 3. The number of ether oxygens (including phenoxy) is 2. The SMILES string of the molecule is COc1cc(CO)c([N+](=O)[O-])cc1OCCC(CCN)C(N)=O. The molecule has 23 heavy (non-hydrogen) atoms. The Bertz CT molecular complexity index is 564. The van der Waals surface area contributed by atoms with Crippen molar-refractivity contribution in [3.8, 4) is 11.5 Å². The van der Waals surface area contributed by atoms with Crippen molar-refractivity contribution >= 4 is 11.6 Å². The van der Waals surface area contributed by atoms with Gasteiger partial charge >= 0.3 is 0 Å². The number of nitro groups is 1. The van der Waals surface area contributed by atoms with E-state index >= 15 is 0 Å². The largest absolute Gasteiger partial charge is 0.493 e. The third kappa shape index (κ3) is 5.08. The van der Waals surface area contributed by atoms with Crippen LogP contribution in [0.5, 0.6) is 11.5 Å². The molecule has 1 rings (SSSR count). The van der Waals surface area contributed by atoms with Crippen LogP contribution < -0.4 is 20.9 Å². The van der Waals surface area contributed by atoms with Crippen molar-refractivity contribution in [3.05, 3.63) is 27.8 Å². The molecule has 0 aromatic heterocycles. The van der Waals surface area contributed by atoms with Crippen molar-refractivity contribution in [2.75, 3.05) is 20.3 Å². The van der Waals surface area contributed by atoms with Gasteiger partial charge in [-0.15, -0.1) is 0 Å². The summed E-state index contributed by atoms with van der Waals surface area (Å²) in [6.45, 7) is -0.0413. The lowest BCUT2D eigenvalue weighted by Crippen LogP contribution is -2.27. The number of amides is 1. The quantitative estimate of drug-likeness (QED) is 0.413. The number of aliphatic hydroxyl groups is 1. The van der Waals surface area contributed by atoms with E-state index in [0.717, 1.165) is 0 Å². The minimum absolute atomic E-state index is 0.123. The maximum atomic E-state index is 11.3. The average Bonchev–Trinajstić information content (AvgIpc) is 2.53. The smallest absolute Gasteiger partial charge is 0.278 e. The van der Waals surface area contributed by atoms with Crippen molar-refractivity contribution in [3.63, 3.8) is 0 Å². The third-order valence-electron chi connectivity index (χ3n) is 3.37. The molecule has 1 aromatic rings. The Hall–Kier alpha value is -2.39. The van der Waals surface area contributed by atoms with Crippen molar-refractivity contribution in [1.82, 2.24) is 0 Å². The van der Waals surface area contributed by atoms with Gasteiger partial charge < -0.3 is 26.0 Å². The van der Waals surface area contributed by atoms with Gasteiger partial charge in [0.15, 0.2) is 11.5 Å². The van der Waals surface area contributed by atoms with Gasteiger partial charge in [-0.2, -0.15) is 0 Å². The first-order valence-corrected chi connectivity index (χ1v) is 7.02. The maximum absolute atomic E-state index is 11.3. The van der Waals surface area contributed by atoms with Crippen molar-refractivity contribution in [2.45, 2.75) is 19.4 Å². The molecule has 0 heterocycles. The van der Waals surface area contributed by atoms with E-state index in [-0.39, 0.29) is 29.4 Å². The van der Waals surface area contributed by atoms with Crippen LogP contribution in [0.1, 0.15) is 18.4 Å². The van der Waals surface area contributed by atoms with Crippen LogP contribution in [-0.4, -0.2) is 36.2 Å². The summed E-state index contributed by atoms with van der Waals surface area (Å²) in [5.41, 5.74) is 10.5. The molecule has 1 amide bonds. The molecule has 1 aromatic carbocycles. The van der Waals surface area contributed by atoms with Gasteiger partial charge in [0.25, 0.3) is 5.69 Å². The van der Waals surface area contributed by atoms with Gasteiger partial charge in [0.1, 0.15) is 0 Å². The topological polar surface area (TPSA) is 151 Å². The van der Waals surface area contributed by atoms with Gasteiger partial charge in [-0.3, -0.25) is 14.9 Å². The molecular weight excluding hydrogens is 306 g/mol. The number of nitrogens with two attached hydrogens (primary N) is 2. The normalized spacial score (nSPS) is 11.8. The molecule has 0 aliphatic heterocycles. The predicted octanol–water partition coefficient (Wildman–Crippen LogP) is 0.315. The highest BCUT2D eigenvalue weighted by Gasteiger charge is 2.20. The van der Waals surface area contributed by atoms with Crippen LogP contribution in [0.3, 0.4) is 0 Å². The fraction of sp³-hybridized carbons (Fsp3) is 0.500. The zero-order valence-corrected chi connectivity index (χ0v) is 12.9. The maximum Gasteiger partial charge on any atom is 0.278 e. The molecule has 1 unspecified atom stereocenters. The minimum Gasteiger partial charge on any atom is -0.493 e. The van der Waals surface area contributed by atoms with Gasteiger partial charge in [-0.1, -0.05) is 0 Å². The molecule has 5 N–H and O–H groups in total. The molecule has 0 saturated carbocycles. The van der Waals surface area contributed by atoms with E-state index < -0.39 is 23.4 Å². The van der Waals surface area contributed by atoms with Crippen LogP contribution >= 0.6 is 0 Å². The molecule has 0 bridgehead atoms. The fourth-order valence-electron chi connectivity index (χ4n) is 2.10. The minimum atomic E-state index is -0.613. The Balaban J connectivity index is 2.88. The second-order valence-corrected chi connectivity index (χ2v) is 4.86. The zero-order valence-electron chi connectivity index (χ0n) is 12.9. The summed E-state index contributed by atoms with van der Waals surface area (Å²) in [6.07, 6.45) is 0.782. The molecule has 128 valence electrons. The van der Waals surface area contributed by atoms with Crippen molar-refractivity contribution in [1.29, 1.82) is 0 Å². The lowest BCUT2D eigenvalue weighted by atomic mass is 10.0. The van der Waals surface area contributed by atoms with E-state index in [1.54, 1.807) is 0 Å². The Morgan fingerprint density at radius 1 is 1.39 bits per heavy atom. The van der Waals surface area contributed by atoms with E-state index in [2.05, 4.69) is 0 Å². The molecule has 9 heteroatoms. The van der Waals surface area contributed by atoms with E-state index in [4.69, 9.17) is 20.9 Å². The summed E-state index contributed by atoms with van der Waals surface area (Å²) in [4.78, 5) is 21.7. The number of benzene rings is 1. The Morgan fingerprint density at radius 2 is 2.09 bits per heavy atom. The summed E-state index contributed by atoms with van der Waals surface area (Å²) in [6, 6.07) is 2.53. The first-order valence-electron chi connectivity index (χ1n) is 7.02. The van der Waals surface area contributed by atoms with E-state index in [1.807, 2.05) is 0 Å². The first kappa shape index (κ1) is 18.7. The van der Waals surface area contributed by atoms with E-state index in [1.165, 1.54) is 19.2 Å². The average molecular weight is 327 g/mol. The predicted molar refractivity (Wildman–Crippen MR) is 82.0 cm³/mol. The first-order chi connectivity index (χ1) is 10.9. The number of nitrogens with zero attached hydrogens (tertiary/aromatic N) is 1. The van der Waals surface area contributed by atoms with Crippen LogP contribution in [0.4, 0.5) is 5.69 Å². The highest BCUT2D eigenvalue weighted by molar-refractivity contribution is 5.76. The lowest BCUT2D eigenvalue weighted by Gasteiger charge is -2.15. The zero-order chi connectivity index (χ0) is 17.4. The number of aliphatic hydroxyl groups excluding tert-OH is 1. The standard InChI is InChI=1S/C14H21N3O6/c1-22-12-6-10(8-18)11(17(20)21)7-13(12)23-5-3-9(2-4-15)14(16)19/h6-7,9,18H,2-5,8,15H2,1H3,(H2,16,19). The summed E-state index contributed by atoms with van der Waals surface area (Å²) < 4.78 is 10.6. The van der Waals surface area contributed by atoms with E-state index in [0.29, 0.717) is 19.4 Å². The number of carbonyl (C=O) groups is 1. The molecule has 0 radical (unpaired) electrons. The summed E-state index contributed by atoms with van der Waals surface area (Å²) >= 11 is 0. The second-order valence-electron chi connectivity index (χ2n) is 4.86. The number of methoxy groups -OCH3 is 1. The molecule has 9 nitrogen and oxygen atoms in total. The van der Waals surface area contributed by atoms with Gasteiger partial charge in [0.2, 0.25) is 5.91 Å². The molecule has 0 fully saturated rings. The monoisotopic (exact) mass is 327 g/mol. The van der Waals surface area contributed by atoms with Crippen LogP contribution in [-0.2, 0) is 11.4 Å². The Morgan fingerprint density at radius 3 is 2.57 bits per heavy atom. The highest BCUT2D eigenvalue weighted by Crippen LogP contribution is 2.35. The molecular formula is C14H21N3O6. The van der Waals surface area contributed by atoms with Gasteiger partial charge in [-0.05, 0) is 25.5 Å². The van der Waals surface area contributed by atoms with Crippen molar-refractivity contribution in [2.24, 2.45) is 17.4 Å². The van der Waals surface area contributed by atoms with Gasteiger partial charge in [0, 0.05) is 5.92 Å². The molecule has 0 aliphatic carbocycles. The molecule has 1 atom stereocenters. The lowest BCUT2D eigenvalue weighted by molar-refractivity contribution is -0.385. The van der Waals surface area contributed by atoms with Crippen molar-refractivity contribution < 1.29 is 24.3 Å². The van der Waals surface area contributed by atoms with Gasteiger partial charge in [-0.25, -0.2) is 0 Å². The fourth-order valence-corrected chi connectivity index (χ4v) is 2.10. The van der Waals surface area contributed by atoms with Crippen LogP contribution in [0.2, 0.25) is 0 Å². The second kappa shape index (κ2) is 8.91. The Kier molecular flexibility index (Phi) is 7.23. The highest BCUT2D eigenvalue weighted by atomic mass is 16.6. The number of nitro benzene ring substituents is 1. The molecule has 0 saturated heterocycles. The van der Waals surface area contributed by atoms with E-state index in [9.17, 15) is 20.0 Å². The molecule has 0 spiro atoms. The number of carbonyl (C=O) groups excluding carboxylic acids is 1. The summed E-state index contributed by atoms with van der Waals surface area (Å²) in [5, 5.41) is 20.2. The summed E-state index contributed by atoms with van der Waals surface area (Å²) in [5.74, 6) is -0.466. The third-order valence-corrected chi connectivity index (χ3v) is 3.37. The van der Waals surface area contributed by atoms with Crippen LogP contribution in [0, 0.1) is 16.0 Å². The molecule has 0 aliphatic rings. The Labute approximate surface area is 133 Å². The van der Waals surface area contributed by atoms with Gasteiger partial charge in [0.05, 0.1) is 36.9 Å². The number of rotatable bonds is 10. The van der Waals surface area contributed by atoms with Crippen LogP contribution in [0.25, 0.3) is 0 Å². The summed E-state index contributed by atoms with van der Waals surface area (Å²) in [7, 11) is 1.38. The number of hydrogen-bond acceptors (Lipinski definition) is 7. The van der Waals surface area contributed by atoms with Crippen LogP contribution in [0.15, 0.2) is 12.1 Å². The number of primary amides is 1.